The summed E-state index contributed by atoms with van der Waals surface area (Å²) < 4.78 is 27.0. The Morgan fingerprint density at radius 2 is 1.84 bits per heavy atom. The predicted octanol–water partition coefficient (Wildman–Crippen LogP) is 1.39. The van der Waals surface area contributed by atoms with Crippen LogP contribution in [-0.4, -0.2) is 54.6 Å². The van der Waals surface area contributed by atoms with Crippen LogP contribution in [0.25, 0.3) is 0 Å². The molecule has 1 aliphatic carbocycles. The van der Waals surface area contributed by atoms with Crippen LogP contribution < -0.4 is 0 Å². The molecule has 1 saturated carbocycles. The molecule has 0 unspecified atom stereocenters. The van der Waals surface area contributed by atoms with Gasteiger partial charge in [0.15, 0.2) is 0 Å². The molecule has 1 amide bonds. The first kappa shape index (κ1) is 17.8. The smallest absolute Gasteiger partial charge is 0.270 e. The van der Waals surface area contributed by atoms with Crippen LogP contribution in [0.4, 0.5) is 5.69 Å². The van der Waals surface area contributed by atoms with E-state index in [9.17, 15) is 23.3 Å². The van der Waals surface area contributed by atoms with Gasteiger partial charge in [0.25, 0.3) is 5.69 Å². The number of benzene rings is 1. The van der Waals surface area contributed by atoms with Crippen molar-refractivity contribution in [2.45, 2.75) is 25.2 Å². The van der Waals surface area contributed by atoms with Crippen molar-refractivity contribution in [1.82, 2.24) is 9.21 Å². The Kier molecular flexibility index (Phi) is 4.54. The number of nitro groups is 1. The highest BCUT2D eigenvalue weighted by atomic mass is 32.2. The van der Waals surface area contributed by atoms with Crippen LogP contribution >= 0.6 is 0 Å². The fourth-order valence-corrected chi connectivity index (χ4v) is 4.84. The van der Waals surface area contributed by atoms with E-state index in [1.54, 1.807) is 11.8 Å². The first-order valence-electron chi connectivity index (χ1n) is 8.26. The molecular formula is C16H21N3O5S. The highest BCUT2D eigenvalue weighted by Gasteiger charge is 2.42. The van der Waals surface area contributed by atoms with Crippen molar-refractivity contribution in [3.63, 3.8) is 0 Å². The van der Waals surface area contributed by atoms with E-state index in [0.717, 1.165) is 12.5 Å². The molecule has 1 saturated heterocycles. The van der Waals surface area contributed by atoms with E-state index in [1.165, 1.54) is 16.4 Å². The molecule has 9 heteroatoms. The number of aryl methyl sites for hydroxylation is 1. The topological polar surface area (TPSA) is 101 Å². The van der Waals surface area contributed by atoms with E-state index < -0.39 is 14.9 Å². The molecule has 2 aliphatic rings. The normalized spacial score (nSPS) is 24.2. The lowest BCUT2D eigenvalue weighted by Gasteiger charge is -2.34. The number of sulfonamides is 1. The van der Waals surface area contributed by atoms with Gasteiger partial charge in [-0.25, -0.2) is 8.42 Å². The second-order valence-electron chi connectivity index (χ2n) is 6.76. The van der Waals surface area contributed by atoms with Crippen LogP contribution in [0.2, 0.25) is 0 Å². The molecule has 2 atom stereocenters. The molecule has 0 N–H and O–H groups in total. The molecule has 0 bridgehead atoms. The molecule has 25 heavy (non-hydrogen) atoms. The molecule has 0 spiro atoms. The van der Waals surface area contributed by atoms with Gasteiger partial charge in [0.05, 0.1) is 9.82 Å². The number of piperazine rings is 1. The standard InChI is InChI=1S/C16H21N3O5S/c1-11-3-4-13(19(21)22)10-15(11)25(23,24)18-7-5-17(6-8-18)16(20)14-9-12(14)2/h3-4,10,12,14H,5-9H2,1-2H3/t12-,14-/m1/s1. The molecule has 3 rings (SSSR count). The van der Waals surface area contributed by atoms with Crippen LogP contribution in [0.5, 0.6) is 0 Å². The molecule has 0 aromatic heterocycles. The summed E-state index contributed by atoms with van der Waals surface area (Å²) in [6.07, 6.45) is 0.907. The van der Waals surface area contributed by atoms with Crippen LogP contribution in [-0.2, 0) is 14.8 Å². The van der Waals surface area contributed by atoms with Crippen LogP contribution in [0, 0.1) is 28.9 Å². The van der Waals surface area contributed by atoms with Gasteiger partial charge in [-0.05, 0) is 24.8 Å². The minimum atomic E-state index is -3.82. The molecule has 2 fully saturated rings. The van der Waals surface area contributed by atoms with Gasteiger partial charge in [-0.1, -0.05) is 13.0 Å². The highest BCUT2D eigenvalue weighted by molar-refractivity contribution is 7.89. The van der Waals surface area contributed by atoms with Gasteiger partial charge in [-0.3, -0.25) is 14.9 Å². The second-order valence-corrected chi connectivity index (χ2v) is 8.66. The fraction of sp³-hybridized carbons (Fsp3) is 0.562. The fourth-order valence-electron chi connectivity index (χ4n) is 3.17. The third kappa shape index (κ3) is 3.38. The van der Waals surface area contributed by atoms with E-state index in [1.807, 2.05) is 6.92 Å². The van der Waals surface area contributed by atoms with Gasteiger partial charge >= 0.3 is 0 Å². The zero-order chi connectivity index (χ0) is 18.4. The van der Waals surface area contributed by atoms with Gasteiger partial charge in [-0.2, -0.15) is 4.31 Å². The SMILES string of the molecule is Cc1ccc([N+](=O)[O-])cc1S(=O)(=O)N1CCN(C(=O)[C@@H]2C[C@H]2C)CC1. The zero-order valence-corrected chi connectivity index (χ0v) is 15.0. The summed E-state index contributed by atoms with van der Waals surface area (Å²) in [5, 5.41) is 10.9. The van der Waals surface area contributed by atoms with Gasteiger partial charge in [0.1, 0.15) is 0 Å². The number of carbonyl (C=O) groups is 1. The van der Waals surface area contributed by atoms with Gasteiger partial charge in [0, 0.05) is 44.2 Å². The second kappa shape index (κ2) is 6.38. The summed E-state index contributed by atoms with van der Waals surface area (Å²) in [6.45, 7) is 4.78. The molecule has 1 aliphatic heterocycles. The molecular weight excluding hydrogens is 346 g/mol. The van der Waals surface area contributed by atoms with E-state index >= 15 is 0 Å². The maximum Gasteiger partial charge on any atom is 0.270 e. The van der Waals surface area contributed by atoms with Crippen LogP contribution in [0.1, 0.15) is 18.9 Å². The van der Waals surface area contributed by atoms with Crippen LogP contribution in [0.3, 0.4) is 0 Å². The summed E-state index contributed by atoms with van der Waals surface area (Å²) in [6, 6.07) is 3.84. The summed E-state index contributed by atoms with van der Waals surface area (Å²) >= 11 is 0. The van der Waals surface area contributed by atoms with Crippen molar-refractivity contribution >= 4 is 21.6 Å². The minimum Gasteiger partial charge on any atom is -0.340 e. The molecule has 1 heterocycles. The van der Waals surface area contributed by atoms with E-state index in [-0.39, 0.29) is 35.5 Å². The Hall–Kier alpha value is -2.00. The third-order valence-corrected chi connectivity index (χ3v) is 7.02. The lowest BCUT2D eigenvalue weighted by Crippen LogP contribution is -2.51. The monoisotopic (exact) mass is 367 g/mol. The summed E-state index contributed by atoms with van der Waals surface area (Å²) in [5.41, 5.74) is 0.219. The maximum atomic E-state index is 12.9. The number of hydrogen-bond donors (Lipinski definition) is 0. The number of non-ortho nitro benzene ring substituents is 1. The summed E-state index contributed by atoms with van der Waals surface area (Å²) in [7, 11) is -3.82. The minimum absolute atomic E-state index is 0.0442. The Labute approximate surface area is 146 Å². The quantitative estimate of drug-likeness (QED) is 0.591. The number of nitro benzene ring substituents is 1. The Morgan fingerprint density at radius 3 is 2.36 bits per heavy atom. The number of nitrogens with zero attached hydrogens (tertiary/aromatic N) is 3. The first-order valence-corrected chi connectivity index (χ1v) is 9.70. The lowest BCUT2D eigenvalue weighted by molar-refractivity contribution is -0.385. The maximum absolute atomic E-state index is 12.9. The number of hydrogen-bond acceptors (Lipinski definition) is 5. The molecule has 1 aromatic carbocycles. The molecule has 8 nitrogen and oxygen atoms in total. The van der Waals surface area contributed by atoms with E-state index in [4.69, 9.17) is 0 Å². The summed E-state index contributed by atoms with van der Waals surface area (Å²) in [5.74, 6) is 0.611. The van der Waals surface area contributed by atoms with Gasteiger partial charge < -0.3 is 4.90 Å². The number of rotatable bonds is 4. The van der Waals surface area contributed by atoms with Crippen molar-refractivity contribution in [2.24, 2.45) is 11.8 Å². The Morgan fingerprint density at radius 1 is 1.24 bits per heavy atom. The average molecular weight is 367 g/mol. The Bertz CT molecular complexity index is 815. The van der Waals surface area contributed by atoms with Gasteiger partial charge in [0.2, 0.25) is 15.9 Å². The Balaban J connectivity index is 1.75. The van der Waals surface area contributed by atoms with Crippen molar-refractivity contribution < 1.29 is 18.1 Å². The van der Waals surface area contributed by atoms with E-state index in [0.29, 0.717) is 24.6 Å². The lowest BCUT2D eigenvalue weighted by atomic mass is 10.2. The number of amides is 1. The van der Waals surface area contributed by atoms with Crippen molar-refractivity contribution in [2.75, 3.05) is 26.2 Å². The van der Waals surface area contributed by atoms with Crippen LogP contribution in [0.15, 0.2) is 23.1 Å². The number of carbonyl (C=O) groups excluding carboxylic acids is 1. The molecule has 136 valence electrons. The van der Waals surface area contributed by atoms with Crippen molar-refractivity contribution in [3.05, 3.63) is 33.9 Å². The summed E-state index contributed by atoms with van der Waals surface area (Å²) in [4.78, 5) is 24.3. The third-order valence-electron chi connectivity index (χ3n) is 4.98. The molecule has 0 radical (unpaired) electrons. The highest BCUT2D eigenvalue weighted by Crippen LogP contribution is 2.39. The average Bonchev–Trinajstić information content (AvgIpc) is 3.31. The molecule has 1 aromatic rings. The first-order chi connectivity index (χ1) is 11.7. The van der Waals surface area contributed by atoms with Gasteiger partial charge in [-0.15, -0.1) is 0 Å². The van der Waals surface area contributed by atoms with Crippen molar-refractivity contribution in [1.29, 1.82) is 0 Å². The van der Waals surface area contributed by atoms with E-state index in [2.05, 4.69) is 0 Å². The zero-order valence-electron chi connectivity index (χ0n) is 14.2. The predicted molar refractivity (Wildman–Crippen MR) is 90.4 cm³/mol. The van der Waals surface area contributed by atoms with Crippen molar-refractivity contribution in [3.8, 4) is 0 Å². The largest absolute Gasteiger partial charge is 0.340 e.